The molecule has 0 N–H and O–H groups in total. The van der Waals surface area contributed by atoms with Crippen LogP contribution < -0.4 is 4.90 Å². The van der Waals surface area contributed by atoms with E-state index in [-0.39, 0.29) is 11.9 Å². The maximum Gasteiger partial charge on any atom is 0.257 e. The van der Waals surface area contributed by atoms with Crippen LogP contribution in [-0.4, -0.2) is 64.4 Å². The lowest BCUT2D eigenvalue weighted by molar-refractivity contribution is 0.0557. The minimum atomic E-state index is 0.0841. The number of aromatic nitrogens is 2. The van der Waals surface area contributed by atoms with Gasteiger partial charge in [-0.2, -0.15) is 0 Å². The van der Waals surface area contributed by atoms with Crippen LogP contribution >= 0.6 is 11.6 Å². The van der Waals surface area contributed by atoms with Crippen LogP contribution in [0.4, 0.5) is 5.95 Å². The number of carbonyl (C=O) groups is 1. The average Bonchev–Trinajstić information content (AvgIpc) is 3.55. The summed E-state index contributed by atoms with van der Waals surface area (Å²) in [6, 6.07) is 18.1. The van der Waals surface area contributed by atoms with E-state index in [9.17, 15) is 4.79 Å². The van der Waals surface area contributed by atoms with Crippen molar-refractivity contribution in [3.05, 3.63) is 87.7 Å². The molecule has 1 atom stereocenters. The lowest BCUT2D eigenvalue weighted by Crippen LogP contribution is -2.49. The third-order valence-electron chi connectivity index (χ3n) is 10.2. The van der Waals surface area contributed by atoms with E-state index < -0.39 is 0 Å². The summed E-state index contributed by atoms with van der Waals surface area (Å²) < 4.78 is 0. The summed E-state index contributed by atoms with van der Waals surface area (Å²) in [5.41, 5.74) is 5.33. The highest BCUT2D eigenvalue weighted by molar-refractivity contribution is 6.30. The van der Waals surface area contributed by atoms with Crippen LogP contribution in [0.25, 0.3) is 0 Å². The molecule has 6 rings (SSSR count). The van der Waals surface area contributed by atoms with Crippen LogP contribution in [0, 0.1) is 6.92 Å². The van der Waals surface area contributed by atoms with E-state index >= 15 is 0 Å². The van der Waals surface area contributed by atoms with Gasteiger partial charge in [0.05, 0.1) is 17.3 Å². The quantitative estimate of drug-likeness (QED) is 0.269. The molecule has 1 saturated carbocycles. The molecule has 3 aromatic rings. The standard InChI is InChI=1S/C36H46ClN5O/c1-26-9-6-7-10-27(26)16-19-33-32(35(43)41-23-20-31(21-24-41)40(2)30-11-4-3-5-12-30)25-38-36(39-33)42-22-8-13-34(42)28-14-17-29(37)18-15-28/h6-7,9-10,14-15,17-18,25,30-31,34H,3-5,8,11-13,16,19-24H2,1-2H3. The highest BCUT2D eigenvalue weighted by Gasteiger charge is 2.32. The molecule has 0 spiro atoms. The van der Waals surface area contributed by atoms with Gasteiger partial charge in [-0.05, 0) is 94.2 Å². The largest absolute Gasteiger partial charge is 0.338 e. The van der Waals surface area contributed by atoms with Crippen LogP contribution in [0.3, 0.4) is 0 Å². The van der Waals surface area contributed by atoms with E-state index in [0.717, 1.165) is 68.4 Å². The molecular weight excluding hydrogens is 554 g/mol. The molecule has 3 fully saturated rings. The monoisotopic (exact) mass is 599 g/mol. The van der Waals surface area contributed by atoms with Crippen molar-refractivity contribution < 1.29 is 4.79 Å². The Labute approximate surface area is 262 Å². The molecule has 3 heterocycles. The van der Waals surface area contributed by atoms with E-state index in [0.29, 0.717) is 24.1 Å². The highest BCUT2D eigenvalue weighted by Crippen LogP contribution is 2.35. The van der Waals surface area contributed by atoms with Gasteiger partial charge in [0.15, 0.2) is 0 Å². The van der Waals surface area contributed by atoms with Crippen LogP contribution in [0.2, 0.25) is 5.02 Å². The average molecular weight is 600 g/mol. The van der Waals surface area contributed by atoms with Gasteiger partial charge < -0.3 is 14.7 Å². The minimum Gasteiger partial charge on any atom is -0.338 e. The van der Waals surface area contributed by atoms with E-state index in [4.69, 9.17) is 21.6 Å². The number of benzene rings is 2. The van der Waals surface area contributed by atoms with Crippen molar-refractivity contribution >= 4 is 23.5 Å². The second kappa shape index (κ2) is 13.8. The molecule has 1 unspecified atom stereocenters. The first-order valence-corrected chi connectivity index (χ1v) is 16.8. The first-order chi connectivity index (χ1) is 21.0. The smallest absolute Gasteiger partial charge is 0.257 e. The van der Waals surface area contributed by atoms with Crippen molar-refractivity contribution in [1.82, 2.24) is 19.8 Å². The summed E-state index contributed by atoms with van der Waals surface area (Å²) in [5, 5.41) is 0.746. The van der Waals surface area contributed by atoms with Gasteiger partial charge in [0.25, 0.3) is 5.91 Å². The zero-order valence-corrected chi connectivity index (χ0v) is 26.6. The molecule has 2 saturated heterocycles. The first-order valence-electron chi connectivity index (χ1n) is 16.4. The zero-order valence-electron chi connectivity index (χ0n) is 25.8. The molecule has 1 amide bonds. The Hall–Kier alpha value is -2.96. The molecule has 6 nitrogen and oxygen atoms in total. The topological polar surface area (TPSA) is 52.6 Å². The predicted molar refractivity (Wildman–Crippen MR) is 175 cm³/mol. The lowest BCUT2D eigenvalue weighted by Gasteiger charge is -2.41. The van der Waals surface area contributed by atoms with Gasteiger partial charge in [-0.25, -0.2) is 9.97 Å². The maximum atomic E-state index is 14.0. The molecular formula is C36H46ClN5O. The molecule has 2 aromatic carbocycles. The number of hydrogen-bond donors (Lipinski definition) is 0. The SMILES string of the molecule is Cc1ccccc1CCc1nc(N2CCCC2c2ccc(Cl)cc2)ncc1C(=O)N1CCC(N(C)C2CCCCC2)CC1. The molecule has 228 valence electrons. The summed E-state index contributed by atoms with van der Waals surface area (Å²) in [7, 11) is 2.31. The van der Waals surface area contributed by atoms with Crippen molar-refractivity contribution in [3.8, 4) is 0 Å². The van der Waals surface area contributed by atoms with Crippen molar-refractivity contribution in [2.75, 3.05) is 31.6 Å². The van der Waals surface area contributed by atoms with Gasteiger partial charge in [-0.3, -0.25) is 4.79 Å². The number of anilines is 1. The van der Waals surface area contributed by atoms with Gasteiger partial charge in [0.2, 0.25) is 5.95 Å². The fraction of sp³-hybridized carbons (Fsp3) is 0.528. The zero-order chi connectivity index (χ0) is 29.8. The fourth-order valence-corrected chi connectivity index (χ4v) is 7.65. The predicted octanol–water partition coefficient (Wildman–Crippen LogP) is 7.43. The Morgan fingerprint density at radius 3 is 2.35 bits per heavy atom. The van der Waals surface area contributed by atoms with Crippen LogP contribution in [0.1, 0.15) is 96.6 Å². The van der Waals surface area contributed by atoms with Crippen LogP contribution in [0.5, 0.6) is 0 Å². The summed E-state index contributed by atoms with van der Waals surface area (Å²) in [5.74, 6) is 0.808. The van der Waals surface area contributed by atoms with E-state index in [1.54, 1.807) is 0 Å². The number of halogens is 1. The van der Waals surface area contributed by atoms with Gasteiger partial charge in [0.1, 0.15) is 0 Å². The van der Waals surface area contributed by atoms with Crippen LogP contribution in [0.15, 0.2) is 54.7 Å². The number of nitrogens with zero attached hydrogens (tertiary/aromatic N) is 5. The Balaban J connectivity index is 1.21. The number of carbonyl (C=O) groups excluding carboxylic acids is 1. The third-order valence-corrected chi connectivity index (χ3v) is 10.5. The van der Waals surface area contributed by atoms with Gasteiger partial charge >= 0.3 is 0 Å². The summed E-state index contributed by atoms with van der Waals surface area (Å²) in [6.07, 6.45) is 14.3. The number of aryl methyl sites for hydroxylation is 3. The second-order valence-electron chi connectivity index (χ2n) is 12.8. The van der Waals surface area contributed by atoms with E-state index in [2.05, 4.69) is 60.2 Å². The fourth-order valence-electron chi connectivity index (χ4n) is 7.53. The Kier molecular flexibility index (Phi) is 9.64. The number of amides is 1. The first kappa shape index (κ1) is 30.1. The van der Waals surface area contributed by atoms with Crippen molar-refractivity contribution in [1.29, 1.82) is 0 Å². The number of likely N-dealkylation sites (tertiary alicyclic amines) is 1. The van der Waals surface area contributed by atoms with E-state index in [1.807, 2.05) is 23.2 Å². The van der Waals surface area contributed by atoms with Crippen molar-refractivity contribution in [2.24, 2.45) is 0 Å². The number of rotatable bonds is 8. The molecule has 0 bridgehead atoms. The van der Waals surface area contributed by atoms with Gasteiger partial charge in [-0.15, -0.1) is 0 Å². The van der Waals surface area contributed by atoms with Crippen LogP contribution in [-0.2, 0) is 12.8 Å². The third kappa shape index (κ3) is 6.91. The molecule has 43 heavy (non-hydrogen) atoms. The highest BCUT2D eigenvalue weighted by atomic mass is 35.5. The molecule has 1 aromatic heterocycles. The number of hydrogen-bond acceptors (Lipinski definition) is 5. The Bertz CT molecular complexity index is 1380. The molecule has 3 aliphatic rings. The lowest BCUT2D eigenvalue weighted by atomic mass is 9.91. The van der Waals surface area contributed by atoms with Gasteiger partial charge in [-0.1, -0.05) is 67.3 Å². The van der Waals surface area contributed by atoms with Crippen molar-refractivity contribution in [3.63, 3.8) is 0 Å². The molecule has 7 heteroatoms. The Morgan fingerprint density at radius 1 is 0.884 bits per heavy atom. The molecule has 1 aliphatic carbocycles. The summed E-state index contributed by atoms with van der Waals surface area (Å²) >= 11 is 6.18. The number of piperidine rings is 1. The maximum absolute atomic E-state index is 14.0. The van der Waals surface area contributed by atoms with E-state index in [1.165, 1.54) is 48.8 Å². The minimum absolute atomic E-state index is 0.0841. The summed E-state index contributed by atoms with van der Waals surface area (Å²) in [4.78, 5) is 31.0. The molecule has 0 radical (unpaired) electrons. The Morgan fingerprint density at radius 2 is 1.60 bits per heavy atom. The second-order valence-corrected chi connectivity index (χ2v) is 13.3. The summed E-state index contributed by atoms with van der Waals surface area (Å²) in [6.45, 7) is 4.65. The normalized spacial score (nSPS) is 20.2. The molecule has 2 aliphatic heterocycles. The van der Waals surface area contributed by atoms with Gasteiger partial charge in [0, 0.05) is 42.9 Å². The van der Waals surface area contributed by atoms with Crippen molar-refractivity contribution in [2.45, 2.75) is 95.7 Å².